The number of urea groups is 1. The molecule has 0 unspecified atom stereocenters. The molecule has 19 heavy (non-hydrogen) atoms. The van der Waals surface area contributed by atoms with Crippen LogP contribution in [0.2, 0.25) is 0 Å². The van der Waals surface area contributed by atoms with E-state index in [-0.39, 0.29) is 18.1 Å². The van der Waals surface area contributed by atoms with Crippen molar-refractivity contribution in [2.45, 2.75) is 27.7 Å². The predicted octanol–water partition coefficient (Wildman–Crippen LogP) is 1.26. The van der Waals surface area contributed by atoms with Crippen LogP contribution in [0.4, 0.5) is 4.79 Å². The smallest absolute Gasteiger partial charge is 0.321 e. The number of amides is 2. The molecule has 1 heterocycles. The molecule has 2 amide bonds. The fourth-order valence-electron chi connectivity index (χ4n) is 1.79. The molecule has 1 saturated heterocycles. The second-order valence-electron chi connectivity index (χ2n) is 6.08. The number of aliphatic hydroxyl groups is 1. The van der Waals surface area contributed by atoms with Crippen LogP contribution in [0.3, 0.4) is 0 Å². The van der Waals surface area contributed by atoms with Crippen LogP contribution >= 0.6 is 0 Å². The number of nitrogens with one attached hydrogen (secondary N) is 1. The van der Waals surface area contributed by atoms with Crippen LogP contribution in [0.25, 0.3) is 0 Å². The first kappa shape index (κ1) is 16.0. The number of nitrogens with zero attached hydrogens (tertiary/aromatic N) is 2. The Morgan fingerprint density at radius 1 is 1.26 bits per heavy atom. The first-order chi connectivity index (χ1) is 8.84. The summed E-state index contributed by atoms with van der Waals surface area (Å²) in [7, 11) is 0. The van der Waals surface area contributed by atoms with Crippen molar-refractivity contribution < 1.29 is 9.90 Å². The van der Waals surface area contributed by atoms with Gasteiger partial charge in [-0.3, -0.25) is 4.90 Å². The average molecular weight is 269 g/mol. The normalized spacial score (nSPS) is 18.6. The number of piperazine rings is 1. The van der Waals surface area contributed by atoms with E-state index in [2.05, 4.69) is 31.0 Å². The van der Waals surface area contributed by atoms with E-state index in [0.717, 1.165) is 18.7 Å². The van der Waals surface area contributed by atoms with Gasteiger partial charge in [-0.05, 0) is 12.3 Å². The molecule has 0 aromatic carbocycles. The monoisotopic (exact) mass is 269 g/mol. The van der Waals surface area contributed by atoms with Gasteiger partial charge < -0.3 is 15.3 Å². The Balaban J connectivity index is 2.40. The molecule has 5 heteroatoms. The molecular formula is C14H27N3O2. The number of β-amino-alcohol motifs (C(OH)–C–C–N with tert-alkyl or cyclic N) is 1. The van der Waals surface area contributed by atoms with Crippen molar-refractivity contribution >= 4 is 6.03 Å². The summed E-state index contributed by atoms with van der Waals surface area (Å²) >= 11 is 0. The lowest BCUT2D eigenvalue weighted by atomic mass is 9.88. The van der Waals surface area contributed by atoms with E-state index in [1.807, 2.05) is 18.0 Å². The number of rotatable bonds is 3. The van der Waals surface area contributed by atoms with Crippen LogP contribution in [-0.4, -0.2) is 60.3 Å². The minimum absolute atomic E-state index is 0.0350. The van der Waals surface area contributed by atoms with Gasteiger partial charge in [-0.25, -0.2) is 4.79 Å². The lowest BCUT2D eigenvalue weighted by Crippen LogP contribution is -2.51. The molecule has 0 spiro atoms. The van der Waals surface area contributed by atoms with Crippen molar-refractivity contribution in [3.8, 4) is 0 Å². The van der Waals surface area contributed by atoms with Crippen molar-refractivity contribution in [1.29, 1.82) is 0 Å². The molecule has 1 aliphatic heterocycles. The molecule has 110 valence electrons. The molecule has 2 N–H and O–H groups in total. The summed E-state index contributed by atoms with van der Waals surface area (Å²) in [6.45, 7) is 12.4. The van der Waals surface area contributed by atoms with Gasteiger partial charge in [0.25, 0.3) is 0 Å². The standard InChI is InChI=1S/C14H27N3O2/c1-12(14(2,3)4)11-15-13(19)17-7-5-16(6-8-17)9-10-18/h11,18H,5-10H2,1-4H3,(H,15,19)/b12-11+. The van der Waals surface area contributed by atoms with Gasteiger partial charge in [0.15, 0.2) is 0 Å². The molecule has 1 aliphatic rings. The number of carbonyl (C=O) groups excluding carboxylic acids is 1. The van der Waals surface area contributed by atoms with Gasteiger partial charge in [0.1, 0.15) is 0 Å². The Morgan fingerprint density at radius 2 is 1.84 bits per heavy atom. The lowest BCUT2D eigenvalue weighted by Gasteiger charge is -2.34. The molecule has 0 radical (unpaired) electrons. The predicted molar refractivity (Wildman–Crippen MR) is 76.8 cm³/mol. The fourth-order valence-corrected chi connectivity index (χ4v) is 1.79. The summed E-state index contributed by atoms with van der Waals surface area (Å²) in [6.07, 6.45) is 1.81. The highest BCUT2D eigenvalue weighted by Gasteiger charge is 2.20. The van der Waals surface area contributed by atoms with Crippen molar-refractivity contribution in [3.63, 3.8) is 0 Å². The number of carbonyl (C=O) groups is 1. The SMILES string of the molecule is C/C(=C\NC(=O)N1CCN(CCO)CC1)C(C)(C)C. The Labute approximate surface area is 116 Å². The fraction of sp³-hybridized carbons (Fsp3) is 0.786. The molecule has 0 aromatic rings. The molecule has 1 rings (SSSR count). The van der Waals surface area contributed by atoms with Gasteiger partial charge in [-0.2, -0.15) is 0 Å². The third-order valence-electron chi connectivity index (χ3n) is 3.67. The van der Waals surface area contributed by atoms with E-state index >= 15 is 0 Å². The van der Waals surface area contributed by atoms with Crippen LogP contribution in [0.1, 0.15) is 27.7 Å². The summed E-state index contributed by atoms with van der Waals surface area (Å²) in [4.78, 5) is 16.0. The molecule has 5 nitrogen and oxygen atoms in total. The van der Waals surface area contributed by atoms with Crippen molar-refractivity contribution in [2.75, 3.05) is 39.3 Å². The third-order valence-corrected chi connectivity index (χ3v) is 3.67. The summed E-state index contributed by atoms with van der Waals surface area (Å²) in [5.41, 5.74) is 1.23. The third kappa shape index (κ3) is 5.20. The lowest BCUT2D eigenvalue weighted by molar-refractivity contribution is 0.123. The van der Waals surface area contributed by atoms with Crippen LogP contribution in [0, 0.1) is 5.41 Å². The maximum Gasteiger partial charge on any atom is 0.321 e. The first-order valence-electron chi connectivity index (χ1n) is 6.90. The van der Waals surface area contributed by atoms with Crippen LogP contribution in [0.5, 0.6) is 0 Å². The zero-order chi connectivity index (χ0) is 14.5. The number of hydrogen-bond acceptors (Lipinski definition) is 3. The highest BCUT2D eigenvalue weighted by molar-refractivity contribution is 5.75. The number of allylic oxidation sites excluding steroid dienone is 1. The molecule has 0 aromatic heterocycles. The number of aliphatic hydroxyl groups excluding tert-OH is 1. The maximum atomic E-state index is 12.0. The Hall–Kier alpha value is -1.07. The highest BCUT2D eigenvalue weighted by Crippen LogP contribution is 2.23. The van der Waals surface area contributed by atoms with Crippen molar-refractivity contribution in [2.24, 2.45) is 5.41 Å². The van der Waals surface area contributed by atoms with Gasteiger partial charge in [-0.1, -0.05) is 26.3 Å². The molecule has 0 bridgehead atoms. The second kappa shape index (κ2) is 6.91. The molecule has 0 atom stereocenters. The summed E-state index contributed by atoms with van der Waals surface area (Å²) in [5, 5.41) is 11.7. The summed E-state index contributed by atoms with van der Waals surface area (Å²) < 4.78 is 0. The van der Waals surface area contributed by atoms with E-state index in [1.165, 1.54) is 0 Å². The topological polar surface area (TPSA) is 55.8 Å². The summed E-state index contributed by atoms with van der Waals surface area (Å²) in [5.74, 6) is 0. The minimum Gasteiger partial charge on any atom is -0.395 e. The van der Waals surface area contributed by atoms with Gasteiger partial charge in [0.2, 0.25) is 0 Å². The second-order valence-corrected chi connectivity index (χ2v) is 6.08. The van der Waals surface area contributed by atoms with E-state index in [9.17, 15) is 4.79 Å². The molecular weight excluding hydrogens is 242 g/mol. The van der Waals surface area contributed by atoms with Gasteiger partial charge in [-0.15, -0.1) is 0 Å². The quantitative estimate of drug-likeness (QED) is 0.811. The van der Waals surface area contributed by atoms with Gasteiger partial charge in [0.05, 0.1) is 6.61 Å². The molecule has 1 fully saturated rings. The molecule has 0 aliphatic carbocycles. The Morgan fingerprint density at radius 3 is 2.32 bits per heavy atom. The minimum atomic E-state index is -0.0350. The van der Waals surface area contributed by atoms with Crippen molar-refractivity contribution in [3.05, 3.63) is 11.8 Å². The Kier molecular flexibility index (Phi) is 5.82. The molecule has 0 saturated carbocycles. The Bertz CT molecular complexity index is 326. The van der Waals surface area contributed by atoms with Gasteiger partial charge >= 0.3 is 6.03 Å². The van der Waals surface area contributed by atoms with Crippen molar-refractivity contribution in [1.82, 2.24) is 15.1 Å². The average Bonchev–Trinajstić information content (AvgIpc) is 2.35. The first-order valence-corrected chi connectivity index (χ1v) is 6.90. The van der Waals surface area contributed by atoms with E-state index in [0.29, 0.717) is 19.6 Å². The van der Waals surface area contributed by atoms with Gasteiger partial charge in [0, 0.05) is 38.9 Å². The summed E-state index contributed by atoms with van der Waals surface area (Å²) in [6, 6.07) is -0.0350. The zero-order valence-corrected chi connectivity index (χ0v) is 12.6. The van der Waals surface area contributed by atoms with E-state index in [4.69, 9.17) is 5.11 Å². The van der Waals surface area contributed by atoms with E-state index in [1.54, 1.807) is 0 Å². The van der Waals surface area contributed by atoms with E-state index < -0.39 is 0 Å². The number of hydrogen-bond donors (Lipinski definition) is 2. The zero-order valence-electron chi connectivity index (χ0n) is 12.6. The van der Waals surface area contributed by atoms with Crippen LogP contribution < -0.4 is 5.32 Å². The highest BCUT2D eigenvalue weighted by atomic mass is 16.3. The maximum absolute atomic E-state index is 12.0. The largest absolute Gasteiger partial charge is 0.395 e. The van der Waals surface area contributed by atoms with Crippen LogP contribution in [-0.2, 0) is 0 Å². The van der Waals surface area contributed by atoms with Crippen LogP contribution in [0.15, 0.2) is 11.8 Å².